The van der Waals surface area contributed by atoms with E-state index < -0.39 is 0 Å². The van der Waals surface area contributed by atoms with Gasteiger partial charge in [-0.3, -0.25) is 0 Å². The summed E-state index contributed by atoms with van der Waals surface area (Å²) in [5, 5.41) is 3.36. The maximum absolute atomic E-state index is 5.89. The summed E-state index contributed by atoms with van der Waals surface area (Å²) >= 11 is 0. The van der Waals surface area contributed by atoms with Gasteiger partial charge in [0.25, 0.3) is 0 Å². The molecule has 3 nitrogen and oxygen atoms in total. The Kier molecular flexibility index (Phi) is 7.08. The Labute approximate surface area is 98.4 Å². The number of likely N-dealkylation sites (tertiary alicyclic amines) is 1. The Morgan fingerprint density at radius 2 is 1.93 bits per heavy atom. The highest BCUT2D eigenvalue weighted by Crippen LogP contribution is 2.14. The Hall–Kier alpha value is 0.460. The van der Waals surface area contributed by atoms with Crippen LogP contribution in [0.25, 0.3) is 0 Å². The molecule has 1 atom stereocenters. The van der Waals surface area contributed by atoms with E-state index in [4.69, 9.17) is 4.74 Å². The number of rotatable bonds is 2. The van der Waals surface area contributed by atoms with Crippen molar-refractivity contribution in [2.75, 3.05) is 33.2 Å². The van der Waals surface area contributed by atoms with Gasteiger partial charge < -0.3 is 15.0 Å². The quantitative estimate of drug-likeness (QED) is 0.780. The van der Waals surface area contributed by atoms with Gasteiger partial charge in [0.2, 0.25) is 0 Å². The van der Waals surface area contributed by atoms with Gasteiger partial charge in [-0.25, -0.2) is 0 Å². The summed E-state index contributed by atoms with van der Waals surface area (Å²) in [6, 6.07) is 0. The van der Waals surface area contributed by atoms with Crippen molar-refractivity contribution in [2.45, 2.75) is 25.0 Å². The normalized spacial score (nSPS) is 28.5. The van der Waals surface area contributed by atoms with E-state index in [1.807, 2.05) is 0 Å². The lowest BCUT2D eigenvalue weighted by molar-refractivity contribution is -0.0891. The summed E-state index contributed by atoms with van der Waals surface area (Å²) in [6.07, 6.45) is 3.51. The van der Waals surface area contributed by atoms with E-state index in [-0.39, 0.29) is 24.8 Å². The first kappa shape index (κ1) is 14.5. The van der Waals surface area contributed by atoms with E-state index in [0.717, 1.165) is 19.6 Å². The lowest BCUT2D eigenvalue weighted by Crippen LogP contribution is -2.52. The molecule has 2 heterocycles. The zero-order valence-corrected chi connectivity index (χ0v) is 10.2. The fourth-order valence-corrected chi connectivity index (χ4v) is 1.94. The molecule has 2 saturated heterocycles. The molecule has 0 aromatic heterocycles. The molecule has 14 heavy (non-hydrogen) atoms. The topological polar surface area (TPSA) is 24.5 Å². The van der Waals surface area contributed by atoms with E-state index in [9.17, 15) is 0 Å². The van der Waals surface area contributed by atoms with Crippen molar-refractivity contribution in [3.8, 4) is 0 Å². The number of halogens is 2. The van der Waals surface area contributed by atoms with Crippen LogP contribution in [0.3, 0.4) is 0 Å². The zero-order chi connectivity index (χ0) is 8.39. The Balaban J connectivity index is 0.000000845. The van der Waals surface area contributed by atoms with Gasteiger partial charge in [-0.05, 0) is 26.4 Å². The summed E-state index contributed by atoms with van der Waals surface area (Å²) in [6.45, 7) is 4.47. The van der Waals surface area contributed by atoms with Crippen molar-refractivity contribution in [3.05, 3.63) is 0 Å². The lowest BCUT2D eigenvalue weighted by atomic mass is 10.1. The third-order valence-electron chi connectivity index (χ3n) is 2.67. The van der Waals surface area contributed by atoms with Crippen LogP contribution in [0.2, 0.25) is 0 Å². The van der Waals surface area contributed by atoms with Crippen LogP contribution in [0.4, 0.5) is 0 Å². The van der Waals surface area contributed by atoms with Crippen LogP contribution in [0.1, 0.15) is 12.8 Å². The van der Waals surface area contributed by atoms with Crippen molar-refractivity contribution < 1.29 is 4.74 Å². The largest absolute Gasteiger partial charge is 0.371 e. The molecule has 2 aliphatic rings. The minimum absolute atomic E-state index is 0. The van der Waals surface area contributed by atoms with E-state index in [1.54, 1.807) is 0 Å². The number of ether oxygens (including phenoxy) is 1. The second-order valence-corrected chi connectivity index (χ2v) is 3.95. The second kappa shape index (κ2) is 6.85. The summed E-state index contributed by atoms with van der Waals surface area (Å²) in [5.41, 5.74) is 0. The molecular formula is C9H20Cl2N2O. The predicted molar refractivity (Wildman–Crippen MR) is 62.8 cm³/mol. The van der Waals surface area contributed by atoms with Gasteiger partial charge in [-0.1, -0.05) is 0 Å². The first-order valence-electron chi connectivity index (χ1n) is 4.89. The highest BCUT2D eigenvalue weighted by atomic mass is 35.5. The van der Waals surface area contributed by atoms with Gasteiger partial charge in [0, 0.05) is 19.6 Å². The van der Waals surface area contributed by atoms with Gasteiger partial charge in [0.05, 0.1) is 12.2 Å². The number of likely N-dealkylation sites (N-methyl/N-ethyl adjacent to an activating group) is 1. The summed E-state index contributed by atoms with van der Waals surface area (Å²) in [5.74, 6) is 0. The van der Waals surface area contributed by atoms with Gasteiger partial charge in [0.1, 0.15) is 0 Å². The summed E-state index contributed by atoms with van der Waals surface area (Å²) < 4.78 is 5.89. The SMILES string of the molecule is CN1CC(OC2CCCNC2)C1.Cl.Cl. The van der Waals surface area contributed by atoms with Gasteiger partial charge in [0.15, 0.2) is 0 Å². The molecule has 5 heteroatoms. The number of hydrogen-bond acceptors (Lipinski definition) is 3. The fourth-order valence-electron chi connectivity index (χ4n) is 1.94. The van der Waals surface area contributed by atoms with Crippen LogP contribution in [-0.2, 0) is 4.74 Å². The molecule has 0 aromatic carbocycles. The van der Waals surface area contributed by atoms with Crippen molar-refractivity contribution in [1.29, 1.82) is 0 Å². The van der Waals surface area contributed by atoms with Crippen LogP contribution in [0, 0.1) is 0 Å². The average molecular weight is 243 g/mol. The first-order valence-corrected chi connectivity index (χ1v) is 4.89. The van der Waals surface area contributed by atoms with Crippen LogP contribution < -0.4 is 5.32 Å². The van der Waals surface area contributed by atoms with Crippen molar-refractivity contribution in [3.63, 3.8) is 0 Å². The molecule has 0 saturated carbocycles. The minimum Gasteiger partial charge on any atom is -0.371 e. The van der Waals surface area contributed by atoms with E-state index in [0.29, 0.717) is 12.2 Å². The molecule has 0 aliphatic carbocycles. The molecule has 86 valence electrons. The van der Waals surface area contributed by atoms with Gasteiger partial charge in [-0.2, -0.15) is 0 Å². The molecule has 1 N–H and O–H groups in total. The molecule has 0 spiro atoms. The molecular weight excluding hydrogens is 223 g/mol. The molecule has 0 amide bonds. The standard InChI is InChI=1S/C9H18N2O.2ClH/c1-11-6-9(7-11)12-8-3-2-4-10-5-8;;/h8-10H,2-7H2,1H3;2*1H. The third-order valence-corrected chi connectivity index (χ3v) is 2.67. The van der Waals surface area contributed by atoms with Crippen LogP contribution in [0.5, 0.6) is 0 Å². The van der Waals surface area contributed by atoms with E-state index >= 15 is 0 Å². The first-order chi connectivity index (χ1) is 5.84. The number of piperidine rings is 1. The predicted octanol–water partition coefficient (Wildman–Crippen LogP) is 0.913. The average Bonchev–Trinajstić information content (AvgIpc) is 2.04. The molecule has 0 radical (unpaired) electrons. The van der Waals surface area contributed by atoms with Crippen molar-refractivity contribution in [2.24, 2.45) is 0 Å². The fraction of sp³-hybridized carbons (Fsp3) is 1.00. The monoisotopic (exact) mass is 242 g/mol. The Morgan fingerprint density at radius 3 is 2.43 bits per heavy atom. The zero-order valence-electron chi connectivity index (χ0n) is 8.57. The summed E-state index contributed by atoms with van der Waals surface area (Å²) in [4.78, 5) is 2.29. The van der Waals surface area contributed by atoms with Gasteiger partial charge >= 0.3 is 0 Å². The molecule has 0 aromatic rings. The van der Waals surface area contributed by atoms with Crippen LogP contribution >= 0.6 is 24.8 Å². The van der Waals surface area contributed by atoms with Crippen LogP contribution in [0.15, 0.2) is 0 Å². The smallest absolute Gasteiger partial charge is 0.0832 e. The second-order valence-electron chi connectivity index (χ2n) is 3.95. The Bertz CT molecular complexity index is 148. The van der Waals surface area contributed by atoms with Crippen molar-refractivity contribution >= 4 is 24.8 Å². The number of nitrogens with zero attached hydrogens (tertiary/aromatic N) is 1. The van der Waals surface area contributed by atoms with Crippen molar-refractivity contribution in [1.82, 2.24) is 10.2 Å². The maximum Gasteiger partial charge on any atom is 0.0832 e. The summed E-state index contributed by atoms with van der Waals surface area (Å²) in [7, 11) is 2.14. The van der Waals surface area contributed by atoms with E-state index in [2.05, 4.69) is 17.3 Å². The number of hydrogen-bond donors (Lipinski definition) is 1. The van der Waals surface area contributed by atoms with E-state index in [1.165, 1.54) is 19.4 Å². The lowest BCUT2D eigenvalue weighted by Gasteiger charge is -2.39. The Morgan fingerprint density at radius 1 is 1.21 bits per heavy atom. The molecule has 2 fully saturated rings. The maximum atomic E-state index is 5.89. The minimum atomic E-state index is 0. The third kappa shape index (κ3) is 3.91. The highest BCUT2D eigenvalue weighted by Gasteiger charge is 2.27. The molecule has 2 rings (SSSR count). The number of nitrogens with one attached hydrogen (secondary N) is 1. The highest BCUT2D eigenvalue weighted by molar-refractivity contribution is 5.85. The molecule has 2 aliphatic heterocycles. The van der Waals surface area contributed by atoms with Crippen LogP contribution in [-0.4, -0.2) is 50.3 Å². The molecule has 0 bridgehead atoms. The molecule has 1 unspecified atom stereocenters. The van der Waals surface area contributed by atoms with Gasteiger partial charge in [-0.15, -0.1) is 24.8 Å².